The summed E-state index contributed by atoms with van der Waals surface area (Å²) in [7, 11) is -1.50. The van der Waals surface area contributed by atoms with Crippen molar-refractivity contribution in [3.63, 3.8) is 0 Å². The number of hydrogen-bond donors (Lipinski definition) is 0. The second-order valence-corrected chi connectivity index (χ2v) is 14.4. The summed E-state index contributed by atoms with van der Waals surface area (Å²) in [4.78, 5) is 4.66. The molecule has 0 bridgehead atoms. The zero-order valence-electron chi connectivity index (χ0n) is 17.1. The Bertz CT molecular complexity index is 1140. The molecule has 0 radical (unpaired) electrons. The van der Waals surface area contributed by atoms with Crippen LogP contribution in [0.2, 0.25) is 19.6 Å². The molecule has 0 saturated heterocycles. The Kier molecular flexibility index (Phi) is 4.04. The third-order valence-corrected chi connectivity index (χ3v) is 7.24. The molecule has 0 saturated carbocycles. The Balaban J connectivity index is 2.01. The maximum Gasteiger partial charge on any atom is 0.144 e. The summed E-state index contributed by atoms with van der Waals surface area (Å²) >= 11 is 0. The van der Waals surface area contributed by atoms with Crippen molar-refractivity contribution < 1.29 is 4.42 Å². The van der Waals surface area contributed by atoms with Gasteiger partial charge in [-0.05, 0) is 34.4 Å². The summed E-state index contributed by atoms with van der Waals surface area (Å²) in [5.41, 5.74) is 5.40. The average molecular weight is 374 g/mol. The molecule has 0 spiro atoms. The number of para-hydroxylation sites is 2. The number of rotatable bonds is 2. The molecule has 0 unspecified atom stereocenters. The van der Waals surface area contributed by atoms with E-state index < -0.39 is 8.07 Å². The summed E-state index contributed by atoms with van der Waals surface area (Å²) < 4.78 is 6.52. The van der Waals surface area contributed by atoms with Crippen molar-refractivity contribution in [1.29, 1.82) is 0 Å². The number of hydrogen-bond acceptors (Lipinski definition) is 2. The van der Waals surface area contributed by atoms with Gasteiger partial charge < -0.3 is 4.42 Å². The van der Waals surface area contributed by atoms with E-state index in [1.54, 1.807) is 0 Å². The standard InChI is InChI=1S/C24H27NOSi/c1-24(2,3)16-13-14-25-20(15-16)19-11-7-9-17-18-10-8-12-21(27(4,5)6)23(18)26-22(17)19/h7-15H,1-6H3. The zero-order valence-corrected chi connectivity index (χ0v) is 18.1. The van der Waals surface area contributed by atoms with E-state index >= 15 is 0 Å². The Morgan fingerprint density at radius 1 is 0.852 bits per heavy atom. The lowest BCUT2D eigenvalue weighted by molar-refractivity contribution is 0.589. The van der Waals surface area contributed by atoms with Gasteiger partial charge in [0.15, 0.2) is 0 Å². The van der Waals surface area contributed by atoms with Crippen molar-refractivity contribution in [2.75, 3.05) is 0 Å². The van der Waals surface area contributed by atoms with Gasteiger partial charge in [0.25, 0.3) is 0 Å². The number of benzene rings is 2. The van der Waals surface area contributed by atoms with Crippen LogP contribution in [0.5, 0.6) is 0 Å². The Labute approximate surface area is 162 Å². The van der Waals surface area contributed by atoms with Crippen LogP contribution in [0.4, 0.5) is 0 Å². The number of pyridine rings is 1. The number of nitrogens with zero attached hydrogens (tertiary/aromatic N) is 1. The van der Waals surface area contributed by atoms with E-state index in [0.29, 0.717) is 0 Å². The van der Waals surface area contributed by atoms with Crippen molar-refractivity contribution in [1.82, 2.24) is 4.98 Å². The van der Waals surface area contributed by atoms with Crippen LogP contribution in [-0.4, -0.2) is 13.1 Å². The second-order valence-electron chi connectivity index (χ2n) is 9.40. The van der Waals surface area contributed by atoms with Gasteiger partial charge in [0.2, 0.25) is 0 Å². The molecular formula is C24H27NOSi. The molecule has 0 N–H and O–H groups in total. The summed E-state index contributed by atoms with van der Waals surface area (Å²) in [5, 5.41) is 3.75. The third kappa shape index (κ3) is 3.10. The molecule has 0 atom stereocenters. The smallest absolute Gasteiger partial charge is 0.144 e. The summed E-state index contributed by atoms with van der Waals surface area (Å²) in [6.45, 7) is 13.8. The maximum atomic E-state index is 6.52. The Morgan fingerprint density at radius 2 is 1.52 bits per heavy atom. The van der Waals surface area contributed by atoms with Gasteiger partial charge in [-0.2, -0.15) is 0 Å². The fraction of sp³-hybridized carbons (Fsp3) is 0.292. The van der Waals surface area contributed by atoms with Crippen molar-refractivity contribution in [2.24, 2.45) is 0 Å². The highest BCUT2D eigenvalue weighted by molar-refractivity contribution is 6.90. The van der Waals surface area contributed by atoms with Gasteiger partial charge in [0, 0.05) is 22.5 Å². The largest absolute Gasteiger partial charge is 0.455 e. The highest BCUT2D eigenvalue weighted by Gasteiger charge is 2.23. The van der Waals surface area contributed by atoms with Gasteiger partial charge in [-0.1, -0.05) is 70.7 Å². The van der Waals surface area contributed by atoms with E-state index in [1.165, 1.54) is 21.5 Å². The first kappa shape index (κ1) is 18.0. The van der Waals surface area contributed by atoms with Gasteiger partial charge in [-0.3, -0.25) is 4.98 Å². The van der Waals surface area contributed by atoms with Crippen LogP contribution in [0, 0.1) is 0 Å². The lowest BCUT2D eigenvalue weighted by atomic mass is 9.87. The quantitative estimate of drug-likeness (QED) is 0.375. The van der Waals surface area contributed by atoms with E-state index in [9.17, 15) is 0 Å². The maximum absolute atomic E-state index is 6.52. The molecule has 0 amide bonds. The molecular weight excluding hydrogens is 346 g/mol. The molecule has 3 heteroatoms. The van der Waals surface area contributed by atoms with Crippen molar-refractivity contribution in [3.05, 3.63) is 60.3 Å². The minimum Gasteiger partial charge on any atom is -0.455 e. The first-order chi connectivity index (χ1) is 12.7. The molecule has 0 fully saturated rings. The fourth-order valence-corrected chi connectivity index (χ4v) is 5.12. The molecule has 2 aromatic carbocycles. The zero-order chi connectivity index (χ0) is 19.4. The predicted molar refractivity (Wildman–Crippen MR) is 119 cm³/mol. The first-order valence-electron chi connectivity index (χ1n) is 9.58. The first-order valence-corrected chi connectivity index (χ1v) is 13.1. The lowest BCUT2D eigenvalue weighted by Crippen LogP contribution is -2.37. The van der Waals surface area contributed by atoms with E-state index in [4.69, 9.17) is 4.42 Å². The average Bonchev–Trinajstić information content (AvgIpc) is 2.99. The number of aromatic nitrogens is 1. The minimum atomic E-state index is -1.50. The fourth-order valence-electron chi connectivity index (χ4n) is 3.66. The predicted octanol–water partition coefficient (Wildman–Crippen LogP) is 6.49. The summed E-state index contributed by atoms with van der Waals surface area (Å²) in [6.07, 6.45) is 1.91. The molecule has 2 heterocycles. The van der Waals surface area contributed by atoms with Crippen molar-refractivity contribution in [3.8, 4) is 11.3 Å². The topological polar surface area (TPSA) is 26.0 Å². The molecule has 0 aliphatic rings. The normalized spacial score (nSPS) is 12.8. The number of fused-ring (bicyclic) bond motifs is 3. The SMILES string of the molecule is CC(C)(C)c1ccnc(-c2cccc3c2oc2c([Si](C)(C)C)cccc23)c1. The van der Waals surface area contributed by atoms with E-state index in [1.807, 2.05) is 6.20 Å². The minimum absolute atomic E-state index is 0.0878. The lowest BCUT2D eigenvalue weighted by Gasteiger charge is -2.19. The van der Waals surface area contributed by atoms with Crippen LogP contribution in [0.1, 0.15) is 26.3 Å². The number of furan rings is 1. The van der Waals surface area contributed by atoms with Crippen LogP contribution in [-0.2, 0) is 5.41 Å². The monoisotopic (exact) mass is 373 g/mol. The van der Waals surface area contributed by atoms with Gasteiger partial charge in [0.1, 0.15) is 11.2 Å². The highest BCUT2D eigenvalue weighted by atomic mass is 28.3. The van der Waals surface area contributed by atoms with Gasteiger partial charge in [-0.15, -0.1) is 0 Å². The van der Waals surface area contributed by atoms with Gasteiger partial charge in [0.05, 0.1) is 13.8 Å². The van der Waals surface area contributed by atoms with E-state index in [-0.39, 0.29) is 5.41 Å². The van der Waals surface area contributed by atoms with Crippen LogP contribution >= 0.6 is 0 Å². The Morgan fingerprint density at radius 3 is 2.19 bits per heavy atom. The molecule has 4 rings (SSSR count). The second kappa shape index (κ2) is 6.06. The van der Waals surface area contributed by atoms with Crippen LogP contribution in [0.3, 0.4) is 0 Å². The summed E-state index contributed by atoms with van der Waals surface area (Å²) in [6, 6.07) is 17.3. The molecule has 0 aliphatic heterocycles. The summed E-state index contributed by atoms with van der Waals surface area (Å²) in [5.74, 6) is 0. The van der Waals surface area contributed by atoms with Crippen LogP contribution in [0.25, 0.3) is 33.2 Å². The van der Waals surface area contributed by atoms with Crippen molar-refractivity contribution >= 4 is 35.2 Å². The van der Waals surface area contributed by atoms with E-state index in [2.05, 4.69) is 93.9 Å². The van der Waals surface area contributed by atoms with E-state index in [0.717, 1.165) is 22.4 Å². The molecule has 0 aliphatic carbocycles. The Hall–Kier alpha value is -2.39. The van der Waals surface area contributed by atoms with Crippen LogP contribution < -0.4 is 5.19 Å². The van der Waals surface area contributed by atoms with Crippen molar-refractivity contribution in [2.45, 2.75) is 45.8 Å². The van der Waals surface area contributed by atoms with Gasteiger partial charge in [-0.25, -0.2) is 0 Å². The van der Waals surface area contributed by atoms with Crippen LogP contribution in [0.15, 0.2) is 59.1 Å². The highest BCUT2D eigenvalue weighted by Crippen LogP contribution is 2.36. The molecule has 2 nitrogen and oxygen atoms in total. The van der Waals surface area contributed by atoms with Gasteiger partial charge >= 0.3 is 0 Å². The molecule has 2 aromatic heterocycles. The molecule has 138 valence electrons. The molecule has 4 aromatic rings. The third-order valence-electron chi connectivity index (χ3n) is 5.23. The molecule has 27 heavy (non-hydrogen) atoms.